The molecule has 4 heteroatoms. The quantitative estimate of drug-likeness (QED) is 0.224. The van der Waals surface area contributed by atoms with E-state index >= 15 is 0 Å². The molecule has 0 spiro atoms. The van der Waals surface area contributed by atoms with Gasteiger partial charge in [-0.1, -0.05) is 68.4 Å². The van der Waals surface area contributed by atoms with E-state index in [0.29, 0.717) is 5.71 Å². The van der Waals surface area contributed by atoms with Crippen LogP contribution in [0.15, 0.2) is 83.3 Å². The summed E-state index contributed by atoms with van der Waals surface area (Å²) in [6.07, 6.45) is 0. The first-order valence-corrected chi connectivity index (χ1v) is 13.5. The first kappa shape index (κ1) is 23.5. The molecule has 0 saturated heterocycles. The number of nitrogens with zero attached hydrogens (tertiary/aromatic N) is 3. The lowest BCUT2D eigenvalue weighted by molar-refractivity contribution is 0.655. The lowest BCUT2D eigenvalue weighted by atomic mass is 9.97. The number of benzene rings is 4. The maximum atomic E-state index is 6.58. The van der Waals surface area contributed by atoms with Crippen molar-refractivity contribution in [2.24, 2.45) is 0 Å². The summed E-state index contributed by atoms with van der Waals surface area (Å²) in [6, 6.07) is 27.6. The normalized spacial score (nSPS) is 11.9. The Morgan fingerprint density at radius 1 is 0.615 bits per heavy atom. The molecule has 0 aliphatic carbocycles. The van der Waals surface area contributed by atoms with Gasteiger partial charge in [-0.05, 0) is 67.1 Å². The van der Waals surface area contributed by atoms with Gasteiger partial charge < -0.3 is 4.42 Å². The van der Waals surface area contributed by atoms with E-state index in [4.69, 9.17) is 19.4 Å². The predicted molar refractivity (Wildman–Crippen MR) is 161 cm³/mol. The van der Waals surface area contributed by atoms with Crippen LogP contribution in [0.5, 0.6) is 0 Å². The first-order valence-electron chi connectivity index (χ1n) is 13.5. The lowest BCUT2D eigenvalue weighted by Gasteiger charge is -2.14. The molecule has 7 rings (SSSR count). The van der Waals surface area contributed by atoms with Crippen molar-refractivity contribution in [1.82, 2.24) is 15.0 Å². The van der Waals surface area contributed by atoms with Crippen molar-refractivity contribution in [3.8, 4) is 22.5 Å². The summed E-state index contributed by atoms with van der Waals surface area (Å²) in [4.78, 5) is 15.2. The third-order valence-corrected chi connectivity index (χ3v) is 7.80. The third-order valence-electron chi connectivity index (χ3n) is 7.80. The summed E-state index contributed by atoms with van der Waals surface area (Å²) in [5.74, 6) is 1.01. The number of rotatable bonds is 3. The Hall–Kier alpha value is -4.57. The van der Waals surface area contributed by atoms with Crippen LogP contribution >= 0.6 is 0 Å². The molecular weight excluding hydrogens is 478 g/mol. The monoisotopic (exact) mass is 507 g/mol. The van der Waals surface area contributed by atoms with E-state index in [9.17, 15) is 0 Å². The Morgan fingerprint density at radius 2 is 1.33 bits per heavy atom. The van der Waals surface area contributed by atoms with E-state index in [1.54, 1.807) is 0 Å². The van der Waals surface area contributed by atoms with E-state index in [1.165, 1.54) is 22.1 Å². The standard InChI is InChI=1S/C35H29N3O/c1-19(2)34-37-31-24-13-7-6-12-23(24)22(5)18-28(31)32(38-34)27-15-9-14-25-26-16-17-29(36-35(26)39-33(25)27)30-20(3)10-8-11-21(30)4/h6-19H,1-5H3. The van der Waals surface area contributed by atoms with Crippen LogP contribution in [0.1, 0.15) is 42.3 Å². The van der Waals surface area contributed by atoms with Crippen LogP contribution < -0.4 is 0 Å². The van der Waals surface area contributed by atoms with Gasteiger partial charge in [0.15, 0.2) is 0 Å². The Bertz CT molecular complexity index is 2060. The fourth-order valence-electron chi connectivity index (χ4n) is 5.84. The Balaban J connectivity index is 1.53. The van der Waals surface area contributed by atoms with Crippen molar-refractivity contribution in [3.05, 3.63) is 101 Å². The van der Waals surface area contributed by atoms with Crippen molar-refractivity contribution in [2.45, 2.75) is 40.5 Å². The number of hydrogen-bond acceptors (Lipinski definition) is 4. The summed E-state index contributed by atoms with van der Waals surface area (Å²) >= 11 is 0. The Kier molecular flexibility index (Phi) is 5.27. The zero-order valence-corrected chi connectivity index (χ0v) is 22.8. The molecule has 190 valence electrons. The summed E-state index contributed by atoms with van der Waals surface area (Å²) < 4.78 is 6.58. The number of pyridine rings is 1. The molecule has 0 atom stereocenters. The molecule has 4 aromatic carbocycles. The molecule has 3 aromatic heterocycles. The minimum Gasteiger partial charge on any atom is -0.437 e. The number of hydrogen-bond donors (Lipinski definition) is 0. The summed E-state index contributed by atoms with van der Waals surface area (Å²) in [5, 5.41) is 5.45. The van der Waals surface area contributed by atoms with Crippen LogP contribution in [0.25, 0.3) is 66.3 Å². The van der Waals surface area contributed by atoms with Gasteiger partial charge in [-0.15, -0.1) is 0 Å². The van der Waals surface area contributed by atoms with Crippen molar-refractivity contribution in [2.75, 3.05) is 0 Å². The number of fused-ring (bicyclic) bond motifs is 6. The molecule has 0 aliphatic heterocycles. The van der Waals surface area contributed by atoms with Crippen LogP contribution in [-0.4, -0.2) is 15.0 Å². The minimum atomic E-state index is 0.185. The fourth-order valence-corrected chi connectivity index (χ4v) is 5.84. The molecule has 4 nitrogen and oxygen atoms in total. The van der Waals surface area contributed by atoms with Crippen molar-refractivity contribution in [3.63, 3.8) is 0 Å². The second-order valence-electron chi connectivity index (χ2n) is 10.8. The highest BCUT2D eigenvalue weighted by atomic mass is 16.3. The highest BCUT2D eigenvalue weighted by Gasteiger charge is 2.20. The molecule has 0 aliphatic rings. The molecule has 0 radical (unpaired) electrons. The van der Waals surface area contributed by atoms with E-state index in [1.807, 2.05) is 0 Å². The maximum Gasteiger partial charge on any atom is 0.227 e. The largest absolute Gasteiger partial charge is 0.437 e. The lowest BCUT2D eigenvalue weighted by Crippen LogP contribution is -2.01. The van der Waals surface area contributed by atoms with E-state index in [2.05, 4.69) is 113 Å². The summed E-state index contributed by atoms with van der Waals surface area (Å²) in [7, 11) is 0. The van der Waals surface area contributed by atoms with Gasteiger partial charge in [-0.25, -0.2) is 15.0 Å². The molecule has 39 heavy (non-hydrogen) atoms. The second kappa shape index (κ2) is 8.74. The molecule has 0 saturated carbocycles. The van der Waals surface area contributed by atoms with Crippen LogP contribution in [0.3, 0.4) is 0 Å². The average Bonchev–Trinajstić information content (AvgIpc) is 3.31. The summed E-state index contributed by atoms with van der Waals surface area (Å²) in [5.41, 5.74) is 9.98. The zero-order chi connectivity index (χ0) is 26.8. The molecule has 0 N–H and O–H groups in total. The predicted octanol–water partition coefficient (Wildman–Crippen LogP) is 9.46. The number of aromatic nitrogens is 3. The van der Waals surface area contributed by atoms with Gasteiger partial charge >= 0.3 is 0 Å². The van der Waals surface area contributed by atoms with E-state index in [-0.39, 0.29) is 5.92 Å². The highest BCUT2D eigenvalue weighted by Crippen LogP contribution is 2.40. The van der Waals surface area contributed by atoms with Crippen LogP contribution in [0.4, 0.5) is 0 Å². The smallest absolute Gasteiger partial charge is 0.227 e. The molecular formula is C35H29N3O. The summed E-state index contributed by atoms with van der Waals surface area (Å²) in [6.45, 7) is 10.7. The van der Waals surface area contributed by atoms with Gasteiger partial charge in [0.2, 0.25) is 5.71 Å². The molecule has 0 fully saturated rings. The van der Waals surface area contributed by atoms with Crippen LogP contribution in [0, 0.1) is 20.8 Å². The van der Waals surface area contributed by atoms with Crippen LogP contribution in [-0.2, 0) is 0 Å². The maximum absolute atomic E-state index is 6.58. The van der Waals surface area contributed by atoms with Crippen molar-refractivity contribution in [1.29, 1.82) is 0 Å². The number of aryl methyl sites for hydroxylation is 3. The molecule has 0 amide bonds. The van der Waals surface area contributed by atoms with E-state index in [0.717, 1.165) is 61.0 Å². The molecule has 7 aromatic rings. The third kappa shape index (κ3) is 3.63. The van der Waals surface area contributed by atoms with Gasteiger partial charge in [0, 0.05) is 38.6 Å². The Labute approximate surface area is 227 Å². The average molecular weight is 508 g/mol. The first-order chi connectivity index (χ1) is 18.9. The second-order valence-corrected chi connectivity index (χ2v) is 10.8. The molecule has 3 heterocycles. The van der Waals surface area contributed by atoms with Gasteiger partial charge in [-0.2, -0.15) is 0 Å². The van der Waals surface area contributed by atoms with Crippen LogP contribution in [0.2, 0.25) is 0 Å². The highest BCUT2D eigenvalue weighted by molar-refractivity contribution is 6.14. The fraction of sp³-hybridized carbons (Fsp3) is 0.171. The number of para-hydroxylation sites is 1. The molecule has 0 unspecified atom stereocenters. The zero-order valence-electron chi connectivity index (χ0n) is 22.8. The SMILES string of the molecule is Cc1cccc(C)c1-c1ccc2c(n1)oc1c(-c3nc(C(C)C)nc4c3cc(C)c3ccccc34)cccc12. The van der Waals surface area contributed by atoms with Gasteiger partial charge in [-0.3, -0.25) is 0 Å². The molecule has 0 bridgehead atoms. The Morgan fingerprint density at radius 3 is 2.10 bits per heavy atom. The van der Waals surface area contributed by atoms with Gasteiger partial charge in [0.05, 0.1) is 16.9 Å². The van der Waals surface area contributed by atoms with Crippen molar-refractivity contribution < 1.29 is 4.42 Å². The van der Waals surface area contributed by atoms with Crippen molar-refractivity contribution >= 4 is 43.7 Å². The van der Waals surface area contributed by atoms with Gasteiger partial charge in [0.25, 0.3) is 0 Å². The minimum absolute atomic E-state index is 0.185. The van der Waals surface area contributed by atoms with Gasteiger partial charge in [0.1, 0.15) is 11.4 Å². The van der Waals surface area contributed by atoms with E-state index < -0.39 is 0 Å². The topological polar surface area (TPSA) is 51.8 Å². The number of furan rings is 1.